The molecule has 0 radical (unpaired) electrons. The van der Waals surface area contributed by atoms with E-state index in [9.17, 15) is 18.8 Å². The molecule has 3 amide bonds. The van der Waals surface area contributed by atoms with Crippen LogP contribution in [0.3, 0.4) is 0 Å². The van der Waals surface area contributed by atoms with Crippen molar-refractivity contribution in [1.29, 1.82) is 0 Å². The zero-order chi connectivity index (χ0) is 28.5. The fraction of sp³-hybridized carbons (Fsp3) is 0.214. The number of anilines is 2. The fourth-order valence-electron chi connectivity index (χ4n) is 3.69. The van der Waals surface area contributed by atoms with Crippen molar-refractivity contribution < 1.29 is 28.2 Å². The number of amides is 3. The molecule has 204 valence electrons. The van der Waals surface area contributed by atoms with Crippen molar-refractivity contribution in [2.75, 3.05) is 23.8 Å². The molecule has 3 aromatic carbocycles. The molecule has 0 spiro atoms. The lowest BCUT2D eigenvalue weighted by atomic mass is 10.1. The van der Waals surface area contributed by atoms with E-state index in [4.69, 9.17) is 9.47 Å². The van der Waals surface area contributed by atoms with Crippen LogP contribution in [0.2, 0.25) is 0 Å². The number of nitrogens with zero attached hydrogens (tertiary/aromatic N) is 1. The molecule has 0 aliphatic rings. The van der Waals surface area contributed by atoms with Gasteiger partial charge in [-0.2, -0.15) is 5.10 Å². The Morgan fingerprint density at radius 2 is 1.62 bits per heavy atom. The molecule has 0 fully saturated rings. The number of halogens is 2. The van der Waals surface area contributed by atoms with E-state index in [0.29, 0.717) is 27.2 Å². The summed E-state index contributed by atoms with van der Waals surface area (Å²) in [6, 6.07) is 12.3. The summed E-state index contributed by atoms with van der Waals surface area (Å²) >= 11 is 2.05. The third-order valence-corrected chi connectivity index (χ3v) is 6.11. The first-order valence-electron chi connectivity index (χ1n) is 11.9. The summed E-state index contributed by atoms with van der Waals surface area (Å²) in [6.07, 6.45) is 1.34. The van der Waals surface area contributed by atoms with E-state index in [1.807, 2.05) is 62.4 Å². The number of rotatable bonds is 9. The molecule has 0 bridgehead atoms. The van der Waals surface area contributed by atoms with Crippen LogP contribution in [0.15, 0.2) is 53.6 Å². The SMILES string of the molecule is CCOc1cc(/C=N\NC(=O)C(=O)Nc2ccc(F)cc2)cc(I)c1OCC(=O)Nc1c(C)cc(C)cc1C. The van der Waals surface area contributed by atoms with Crippen LogP contribution in [-0.2, 0) is 14.4 Å². The first-order valence-corrected chi connectivity index (χ1v) is 13.0. The molecule has 9 nitrogen and oxygen atoms in total. The van der Waals surface area contributed by atoms with Crippen LogP contribution in [0, 0.1) is 30.2 Å². The maximum atomic E-state index is 13.0. The summed E-state index contributed by atoms with van der Waals surface area (Å²) in [5.41, 5.74) is 6.78. The Morgan fingerprint density at radius 1 is 0.949 bits per heavy atom. The summed E-state index contributed by atoms with van der Waals surface area (Å²) in [7, 11) is 0. The van der Waals surface area contributed by atoms with E-state index in [2.05, 4.69) is 21.2 Å². The number of hydrogen-bond donors (Lipinski definition) is 3. The van der Waals surface area contributed by atoms with E-state index in [-0.39, 0.29) is 18.2 Å². The second-order valence-electron chi connectivity index (χ2n) is 8.53. The van der Waals surface area contributed by atoms with Crippen molar-refractivity contribution in [1.82, 2.24) is 5.43 Å². The predicted octanol–water partition coefficient (Wildman–Crippen LogP) is 4.86. The van der Waals surface area contributed by atoms with Gasteiger partial charge in [-0.3, -0.25) is 14.4 Å². The average Bonchev–Trinajstić information content (AvgIpc) is 2.87. The van der Waals surface area contributed by atoms with Gasteiger partial charge >= 0.3 is 11.8 Å². The minimum absolute atomic E-state index is 0.227. The highest BCUT2D eigenvalue weighted by Gasteiger charge is 2.16. The Morgan fingerprint density at radius 3 is 2.26 bits per heavy atom. The van der Waals surface area contributed by atoms with Gasteiger partial charge in [0.15, 0.2) is 18.1 Å². The third-order valence-electron chi connectivity index (χ3n) is 5.31. The van der Waals surface area contributed by atoms with Crippen molar-refractivity contribution >= 4 is 57.9 Å². The quantitative estimate of drug-likeness (QED) is 0.133. The highest BCUT2D eigenvalue weighted by Crippen LogP contribution is 2.34. The van der Waals surface area contributed by atoms with Crippen LogP contribution in [0.25, 0.3) is 0 Å². The van der Waals surface area contributed by atoms with Gasteiger partial charge in [0.05, 0.1) is 16.4 Å². The first-order chi connectivity index (χ1) is 18.6. The highest BCUT2D eigenvalue weighted by atomic mass is 127. The molecule has 0 aliphatic heterocycles. The third kappa shape index (κ3) is 8.50. The molecular weight excluding hydrogens is 618 g/mol. The van der Waals surface area contributed by atoms with E-state index in [0.717, 1.165) is 34.5 Å². The predicted molar refractivity (Wildman–Crippen MR) is 156 cm³/mol. The monoisotopic (exact) mass is 646 g/mol. The van der Waals surface area contributed by atoms with Crippen LogP contribution in [0.5, 0.6) is 11.5 Å². The standard InChI is InChI=1S/C28H28FIN4O5/c1-5-38-23-13-19(14-31-34-28(37)27(36)32-21-8-6-20(29)7-9-21)12-22(30)26(23)39-15-24(35)33-25-17(3)10-16(2)11-18(25)4/h6-14H,5,15H2,1-4H3,(H,32,36)(H,33,35)(H,34,37)/b31-14-. The second kappa shape index (κ2) is 13.7. The molecule has 3 rings (SSSR count). The molecule has 0 saturated heterocycles. The molecule has 39 heavy (non-hydrogen) atoms. The van der Waals surface area contributed by atoms with Crippen LogP contribution in [0.1, 0.15) is 29.2 Å². The summed E-state index contributed by atoms with van der Waals surface area (Å²) in [5, 5.41) is 9.08. The van der Waals surface area contributed by atoms with Crippen molar-refractivity contribution in [3.63, 3.8) is 0 Å². The minimum Gasteiger partial charge on any atom is -0.490 e. The lowest BCUT2D eigenvalue weighted by Gasteiger charge is -2.16. The number of hydrogen-bond acceptors (Lipinski definition) is 6. The van der Waals surface area contributed by atoms with Gasteiger partial charge in [0.25, 0.3) is 5.91 Å². The van der Waals surface area contributed by atoms with Gasteiger partial charge in [0, 0.05) is 11.4 Å². The lowest BCUT2D eigenvalue weighted by molar-refractivity contribution is -0.136. The molecule has 0 unspecified atom stereocenters. The molecular formula is C28H28FIN4O5. The molecule has 0 heterocycles. The van der Waals surface area contributed by atoms with Gasteiger partial charge in [0.2, 0.25) is 0 Å². The van der Waals surface area contributed by atoms with E-state index in [1.54, 1.807) is 12.1 Å². The van der Waals surface area contributed by atoms with Crippen LogP contribution < -0.4 is 25.5 Å². The van der Waals surface area contributed by atoms with Crippen LogP contribution in [-0.4, -0.2) is 37.1 Å². The number of ether oxygens (including phenoxy) is 2. The molecule has 11 heteroatoms. The molecule has 3 aromatic rings. The lowest BCUT2D eigenvalue weighted by Crippen LogP contribution is -2.32. The smallest absolute Gasteiger partial charge is 0.329 e. The van der Waals surface area contributed by atoms with Gasteiger partial charge in [-0.05, 0) is 103 Å². The van der Waals surface area contributed by atoms with Gasteiger partial charge < -0.3 is 20.1 Å². The van der Waals surface area contributed by atoms with Gasteiger partial charge in [0.1, 0.15) is 5.82 Å². The number of benzene rings is 3. The van der Waals surface area contributed by atoms with Crippen molar-refractivity contribution in [3.05, 3.63) is 80.2 Å². The molecule has 0 aromatic heterocycles. The van der Waals surface area contributed by atoms with E-state index >= 15 is 0 Å². The maximum absolute atomic E-state index is 13.0. The number of aryl methyl sites for hydroxylation is 3. The second-order valence-corrected chi connectivity index (χ2v) is 9.70. The highest BCUT2D eigenvalue weighted by molar-refractivity contribution is 14.1. The molecule has 0 saturated carbocycles. The maximum Gasteiger partial charge on any atom is 0.329 e. The Kier molecular flexibility index (Phi) is 10.4. The zero-order valence-electron chi connectivity index (χ0n) is 21.9. The normalized spacial score (nSPS) is 10.7. The molecule has 3 N–H and O–H groups in total. The van der Waals surface area contributed by atoms with Crippen molar-refractivity contribution in [2.24, 2.45) is 5.10 Å². The zero-order valence-corrected chi connectivity index (χ0v) is 24.0. The van der Waals surface area contributed by atoms with Gasteiger partial charge in [-0.25, -0.2) is 9.82 Å². The topological polar surface area (TPSA) is 118 Å². The van der Waals surface area contributed by atoms with E-state index < -0.39 is 17.6 Å². The fourth-order valence-corrected chi connectivity index (χ4v) is 4.47. The molecule has 0 aliphatic carbocycles. The largest absolute Gasteiger partial charge is 0.490 e. The van der Waals surface area contributed by atoms with Crippen molar-refractivity contribution in [2.45, 2.75) is 27.7 Å². The van der Waals surface area contributed by atoms with Crippen LogP contribution in [0.4, 0.5) is 15.8 Å². The number of hydrazone groups is 1. The van der Waals surface area contributed by atoms with Gasteiger partial charge in [-0.1, -0.05) is 17.7 Å². The number of nitrogens with one attached hydrogen (secondary N) is 3. The van der Waals surface area contributed by atoms with Gasteiger partial charge in [-0.15, -0.1) is 0 Å². The first kappa shape index (κ1) is 29.6. The summed E-state index contributed by atoms with van der Waals surface area (Å²) < 4.78 is 25.2. The Balaban J connectivity index is 1.63. The van der Waals surface area contributed by atoms with Crippen molar-refractivity contribution in [3.8, 4) is 11.5 Å². The van der Waals surface area contributed by atoms with Crippen LogP contribution >= 0.6 is 22.6 Å². The molecule has 0 atom stereocenters. The Labute approximate surface area is 239 Å². The summed E-state index contributed by atoms with van der Waals surface area (Å²) in [4.78, 5) is 36.7. The Bertz CT molecular complexity index is 1390. The number of carbonyl (C=O) groups excluding carboxylic acids is 3. The summed E-state index contributed by atoms with van der Waals surface area (Å²) in [5.74, 6) is -1.95. The van der Waals surface area contributed by atoms with E-state index in [1.165, 1.54) is 18.3 Å². The number of carbonyl (C=O) groups is 3. The average molecular weight is 646 g/mol. The summed E-state index contributed by atoms with van der Waals surface area (Å²) in [6.45, 7) is 7.81. The Hall–Kier alpha value is -4.00. The minimum atomic E-state index is -1.000.